The number of esters is 1. The standard InChI is InChI=1S/C28H54O2/c1-3-5-7-9-11-13-14-15-16-17-19-21-23-25-27-30-28(29)26-24-22-20-18-12-10-8-6-4-2/h25,27H,3-24,26H2,1-2H3. The Morgan fingerprint density at radius 3 is 1.33 bits per heavy atom. The lowest BCUT2D eigenvalue weighted by molar-refractivity contribution is -0.138. The fourth-order valence-corrected chi connectivity index (χ4v) is 3.93. The summed E-state index contributed by atoms with van der Waals surface area (Å²) in [4.78, 5) is 11.7. The molecule has 0 heterocycles. The van der Waals surface area contributed by atoms with Crippen molar-refractivity contribution in [3.8, 4) is 0 Å². The van der Waals surface area contributed by atoms with Gasteiger partial charge >= 0.3 is 5.97 Å². The molecule has 0 aromatic carbocycles. The smallest absolute Gasteiger partial charge is 0.310 e. The zero-order valence-electron chi connectivity index (χ0n) is 20.7. The molecule has 0 aliphatic heterocycles. The van der Waals surface area contributed by atoms with E-state index in [0.717, 1.165) is 19.3 Å². The van der Waals surface area contributed by atoms with Gasteiger partial charge in [0.1, 0.15) is 0 Å². The maximum atomic E-state index is 11.7. The molecular formula is C28H54O2. The first kappa shape index (κ1) is 29.2. The van der Waals surface area contributed by atoms with Crippen molar-refractivity contribution in [1.29, 1.82) is 0 Å². The van der Waals surface area contributed by atoms with Gasteiger partial charge in [0.05, 0.1) is 6.26 Å². The van der Waals surface area contributed by atoms with Crippen LogP contribution in [0, 0.1) is 0 Å². The number of carbonyl (C=O) groups excluding carboxylic acids is 1. The molecule has 0 atom stereocenters. The molecule has 0 aromatic heterocycles. The van der Waals surface area contributed by atoms with E-state index < -0.39 is 0 Å². The van der Waals surface area contributed by atoms with E-state index in [1.165, 1.54) is 122 Å². The van der Waals surface area contributed by atoms with Crippen molar-refractivity contribution in [3.63, 3.8) is 0 Å². The molecule has 0 unspecified atom stereocenters. The van der Waals surface area contributed by atoms with Gasteiger partial charge in [-0.1, -0.05) is 136 Å². The summed E-state index contributed by atoms with van der Waals surface area (Å²) in [6.07, 6.45) is 33.3. The molecule has 0 aliphatic carbocycles. The third-order valence-electron chi connectivity index (χ3n) is 6.00. The predicted octanol–water partition coefficient (Wildman–Crippen LogP) is 10.1. The van der Waals surface area contributed by atoms with E-state index in [9.17, 15) is 4.79 Å². The van der Waals surface area contributed by atoms with Gasteiger partial charge in [0.2, 0.25) is 0 Å². The summed E-state index contributed by atoms with van der Waals surface area (Å²) in [5, 5.41) is 0. The van der Waals surface area contributed by atoms with Crippen LogP contribution >= 0.6 is 0 Å². The van der Waals surface area contributed by atoms with Crippen LogP contribution in [0.1, 0.15) is 162 Å². The minimum Gasteiger partial charge on any atom is -0.435 e. The highest BCUT2D eigenvalue weighted by Gasteiger charge is 2.00. The molecule has 2 nitrogen and oxygen atoms in total. The topological polar surface area (TPSA) is 26.3 Å². The third kappa shape index (κ3) is 25.2. The first-order valence-corrected chi connectivity index (χ1v) is 13.7. The van der Waals surface area contributed by atoms with Gasteiger partial charge < -0.3 is 4.74 Å². The average Bonchev–Trinajstić information content (AvgIpc) is 2.75. The van der Waals surface area contributed by atoms with E-state index in [4.69, 9.17) is 4.74 Å². The quantitative estimate of drug-likeness (QED) is 0.0878. The second kappa shape index (κ2) is 26.2. The average molecular weight is 423 g/mol. The molecule has 0 saturated carbocycles. The van der Waals surface area contributed by atoms with Crippen molar-refractivity contribution >= 4 is 5.97 Å². The Labute approximate surface area is 189 Å². The van der Waals surface area contributed by atoms with Crippen LogP contribution in [0.4, 0.5) is 0 Å². The lowest BCUT2D eigenvalue weighted by atomic mass is 10.0. The maximum Gasteiger partial charge on any atom is 0.310 e. The van der Waals surface area contributed by atoms with Crippen molar-refractivity contribution in [3.05, 3.63) is 12.3 Å². The Balaban J connectivity index is 3.22. The third-order valence-corrected chi connectivity index (χ3v) is 6.00. The molecule has 178 valence electrons. The fraction of sp³-hybridized carbons (Fsp3) is 0.893. The fourth-order valence-electron chi connectivity index (χ4n) is 3.93. The number of hydrogen-bond donors (Lipinski definition) is 0. The first-order valence-electron chi connectivity index (χ1n) is 13.7. The molecule has 2 heteroatoms. The second-order valence-corrected chi connectivity index (χ2v) is 9.12. The Bertz CT molecular complexity index is 362. The van der Waals surface area contributed by atoms with Crippen LogP contribution in [-0.4, -0.2) is 5.97 Å². The van der Waals surface area contributed by atoms with Gasteiger partial charge in [-0.3, -0.25) is 4.79 Å². The Kier molecular flexibility index (Phi) is 25.6. The van der Waals surface area contributed by atoms with Gasteiger partial charge in [-0.15, -0.1) is 0 Å². The Morgan fingerprint density at radius 2 is 0.900 bits per heavy atom. The normalized spacial score (nSPS) is 11.4. The van der Waals surface area contributed by atoms with Gasteiger partial charge in [0, 0.05) is 6.42 Å². The van der Waals surface area contributed by atoms with E-state index in [1.807, 2.05) is 6.08 Å². The lowest BCUT2D eigenvalue weighted by Crippen LogP contribution is -1.98. The van der Waals surface area contributed by atoms with Crippen LogP contribution in [0.2, 0.25) is 0 Å². The van der Waals surface area contributed by atoms with Crippen LogP contribution in [0.25, 0.3) is 0 Å². The Hall–Kier alpha value is -0.790. The summed E-state index contributed by atoms with van der Waals surface area (Å²) in [7, 11) is 0. The van der Waals surface area contributed by atoms with Crippen molar-refractivity contribution in [1.82, 2.24) is 0 Å². The van der Waals surface area contributed by atoms with Crippen molar-refractivity contribution in [2.24, 2.45) is 0 Å². The summed E-state index contributed by atoms with van der Waals surface area (Å²) < 4.78 is 5.20. The molecule has 0 aromatic rings. The monoisotopic (exact) mass is 422 g/mol. The molecule has 0 aliphatic rings. The first-order chi connectivity index (χ1) is 14.8. The van der Waals surface area contributed by atoms with Crippen molar-refractivity contribution in [2.45, 2.75) is 162 Å². The van der Waals surface area contributed by atoms with Gasteiger partial charge in [0.25, 0.3) is 0 Å². The largest absolute Gasteiger partial charge is 0.435 e. The highest BCUT2D eigenvalue weighted by molar-refractivity contribution is 5.69. The summed E-state index contributed by atoms with van der Waals surface area (Å²) in [6, 6.07) is 0. The van der Waals surface area contributed by atoms with Crippen LogP contribution < -0.4 is 0 Å². The SMILES string of the molecule is CCCCCCCCCCCCCCC=COC(=O)CCCCCCCCCCC. The van der Waals surface area contributed by atoms with Gasteiger partial charge in [0.15, 0.2) is 0 Å². The predicted molar refractivity (Wildman–Crippen MR) is 133 cm³/mol. The number of rotatable bonds is 24. The molecule has 0 bridgehead atoms. The van der Waals surface area contributed by atoms with Crippen LogP contribution in [0.5, 0.6) is 0 Å². The molecule has 0 rings (SSSR count). The summed E-state index contributed by atoms with van der Waals surface area (Å²) >= 11 is 0. The summed E-state index contributed by atoms with van der Waals surface area (Å²) in [5.41, 5.74) is 0. The van der Waals surface area contributed by atoms with Crippen molar-refractivity contribution in [2.75, 3.05) is 0 Å². The minimum atomic E-state index is -0.0658. The Morgan fingerprint density at radius 1 is 0.533 bits per heavy atom. The highest BCUT2D eigenvalue weighted by Crippen LogP contribution is 2.13. The number of allylic oxidation sites excluding steroid dienone is 1. The molecule has 0 fully saturated rings. The number of unbranched alkanes of at least 4 members (excludes halogenated alkanes) is 20. The molecule has 0 saturated heterocycles. The minimum absolute atomic E-state index is 0.0658. The second-order valence-electron chi connectivity index (χ2n) is 9.12. The lowest BCUT2D eigenvalue weighted by Gasteiger charge is -2.02. The number of carbonyl (C=O) groups is 1. The molecule has 0 spiro atoms. The van der Waals surface area contributed by atoms with E-state index in [0.29, 0.717) is 6.42 Å². The zero-order valence-corrected chi connectivity index (χ0v) is 20.7. The van der Waals surface area contributed by atoms with Gasteiger partial charge in [-0.05, 0) is 25.3 Å². The zero-order chi connectivity index (χ0) is 22.0. The number of hydrogen-bond acceptors (Lipinski definition) is 2. The van der Waals surface area contributed by atoms with E-state index in [1.54, 1.807) is 6.26 Å². The number of ether oxygens (including phenoxy) is 1. The maximum absolute atomic E-state index is 11.7. The van der Waals surface area contributed by atoms with E-state index in [2.05, 4.69) is 13.8 Å². The van der Waals surface area contributed by atoms with Gasteiger partial charge in [-0.2, -0.15) is 0 Å². The van der Waals surface area contributed by atoms with Crippen molar-refractivity contribution < 1.29 is 9.53 Å². The molecule has 0 N–H and O–H groups in total. The van der Waals surface area contributed by atoms with Crippen LogP contribution in [0.3, 0.4) is 0 Å². The molecule has 0 amide bonds. The van der Waals surface area contributed by atoms with Crippen LogP contribution in [0.15, 0.2) is 12.3 Å². The molecular weight excluding hydrogens is 368 g/mol. The summed E-state index contributed by atoms with van der Waals surface area (Å²) in [5.74, 6) is -0.0658. The highest BCUT2D eigenvalue weighted by atomic mass is 16.5. The van der Waals surface area contributed by atoms with Gasteiger partial charge in [-0.25, -0.2) is 0 Å². The molecule has 0 radical (unpaired) electrons. The molecule has 30 heavy (non-hydrogen) atoms. The van der Waals surface area contributed by atoms with Crippen LogP contribution in [-0.2, 0) is 9.53 Å². The van der Waals surface area contributed by atoms with E-state index in [-0.39, 0.29) is 5.97 Å². The summed E-state index contributed by atoms with van der Waals surface area (Å²) in [6.45, 7) is 4.54. The van der Waals surface area contributed by atoms with E-state index >= 15 is 0 Å².